The highest BCUT2D eigenvalue weighted by atomic mass is 35.5. The normalized spacial score (nSPS) is 24.9. The molecule has 5 nitrogen and oxygen atoms in total. The number of aliphatic hydroxyl groups excluding tert-OH is 1. The first kappa shape index (κ1) is 17.6. The number of sulfone groups is 1. The summed E-state index contributed by atoms with van der Waals surface area (Å²) in [5, 5.41) is 12.6. The molecule has 0 aromatic carbocycles. The third-order valence-electron chi connectivity index (χ3n) is 2.61. The Morgan fingerprint density at radius 1 is 1.39 bits per heavy atom. The van der Waals surface area contributed by atoms with Crippen LogP contribution in [0.1, 0.15) is 5.56 Å². The van der Waals surface area contributed by atoms with Gasteiger partial charge in [0.15, 0.2) is 9.84 Å². The van der Waals surface area contributed by atoms with Crippen LogP contribution < -0.4 is 5.32 Å². The Kier molecular flexibility index (Phi) is 7.09. The van der Waals surface area contributed by atoms with Gasteiger partial charge in [0.05, 0.1) is 17.6 Å². The van der Waals surface area contributed by atoms with Crippen LogP contribution in [0.2, 0.25) is 0 Å². The Morgan fingerprint density at radius 2 is 2.11 bits per heavy atom. The van der Waals surface area contributed by atoms with E-state index in [9.17, 15) is 13.5 Å². The minimum absolute atomic E-state index is 0. The van der Waals surface area contributed by atoms with E-state index in [4.69, 9.17) is 0 Å². The Hall–Kier alpha value is -0.400. The van der Waals surface area contributed by atoms with E-state index >= 15 is 0 Å². The molecule has 104 valence electrons. The van der Waals surface area contributed by atoms with Gasteiger partial charge in [-0.3, -0.25) is 4.98 Å². The number of nitrogens with one attached hydrogen (secondary N) is 1. The van der Waals surface area contributed by atoms with Crippen molar-refractivity contribution in [2.75, 3.05) is 11.5 Å². The van der Waals surface area contributed by atoms with Gasteiger partial charge in [-0.15, -0.1) is 24.8 Å². The van der Waals surface area contributed by atoms with Crippen molar-refractivity contribution < 1.29 is 13.5 Å². The lowest BCUT2D eigenvalue weighted by Gasteiger charge is -2.14. The largest absolute Gasteiger partial charge is 0.390 e. The summed E-state index contributed by atoms with van der Waals surface area (Å²) < 4.78 is 22.5. The van der Waals surface area contributed by atoms with Crippen molar-refractivity contribution >= 4 is 34.7 Å². The molecule has 1 fully saturated rings. The molecule has 0 saturated carbocycles. The number of hydrogen-bond donors (Lipinski definition) is 2. The Balaban J connectivity index is 0.00000144. The molecular formula is C10H16Cl2N2O3S. The molecular weight excluding hydrogens is 299 g/mol. The van der Waals surface area contributed by atoms with Crippen molar-refractivity contribution in [2.24, 2.45) is 0 Å². The van der Waals surface area contributed by atoms with Crippen LogP contribution in [0.3, 0.4) is 0 Å². The summed E-state index contributed by atoms with van der Waals surface area (Å²) in [6.45, 7) is 0.519. The summed E-state index contributed by atoms with van der Waals surface area (Å²) in [5.74, 6) is -0.133. The van der Waals surface area contributed by atoms with Crippen LogP contribution in [-0.2, 0) is 16.4 Å². The molecule has 2 N–H and O–H groups in total. The van der Waals surface area contributed by atoms with E-state index < -0.39 is 15.9 Å². The van der Waals surface area contributed by atoms with Crippen molar-refractivity contribution in [1.29, 1.82) is 0 Å². The molecule has 1 aliphatic heterocycles. The lowest BCUT2D eigenvalue weighted by molar-refractivity contribution is 0.165. The van der Waals surface area contributed by atoms with Crippen molar-refractivity contribution in [1.82, 2.24) is 10.3 Å². The monoisotopic (exact) mass is 314 g/mol. The van der Waals surface area contributed by atoms with E-state index in [1.54, 1.807) is 12.4 Å². The summed E-state index contributed by atoms with van der Waals surface area (Å²) in [7, 11) is -3.08. The van der Waals surface area contributed by atoms with Gasteiger partial charge in [-0.25, -0.2) is 8.42 Å². The third kappa shape index (κ3) is 4.70. The molecule has 18 heavy (non-hydrogen) atoms. The minimum Gasteiger partial charge on any atom is -0.390 e. The van der Waals surface area contributed by atoms with Crippen LogP contribution in [0, 0.1) is 0 Å². The molecule has 8 heteroatoms. The molecule has 0 amide bonds. The highest BCUT2D eigenvalue weighted by molar-refractivity contribution is 7.91. The Labute approximate surface area is 119 Å². The average Bonchev–Trinajstić information content (AvgIpc) is 2.50. The summed E-state index contributed by atoms with van der Waals surface area (Å²) in [6, 6.07) is 3.35. The summed E-state index contributed by atoms with van der Waals surface area (Å²) in [4.78, 5) is 3.96. The molecule has 2 atom stereocenters. The molecule has 2 heterocycles. The first-order chi connectivity index (χ1) is 7.57. The van der Waals surface area contributed by atoms with Gasteiger partial charge in [-0.2, -0.15) is 0 Å². The fraction of sp³-hybridized carbons (Fsp3) is 0.500. The zero-order valence-electron chi connectivity index (χ0n) is 9.52. The highest BCUT2D eigenvalue weighted by Gasteiger charge is 2.35. The maximum Gasteiger partial charge on any atom is 0.154 e. The molecule has 1 saturated heterocycles. The first-order valence-electron chi connectivity index (χ1n) is 5.07. The van der Waals surface area contributed by atoms with Gasteiger partial charge in [-0.05, 0) is 11.6 Å². The molecule has 0 bridgehead atoms. The third-order valence-corrected chi connectivity index (χ3v) is 4.33. The van der Waals surface area contributed by atoms with Crippen molar-refractivity contribution in [3.63, 3.8) is 0 Å². The SMILES string of the molecule is Cl.Cl.O=S1(=O)C[C@@H](O)[C@H](NCc2cccnc2)C1. The molecule has 0 aliphatic carbocycles. The van der Waals surface area contributed by atoms with Gasteiger partial charge in [0.25, 0.3) is 0 Å². The zero-order valence-corrected chi connectivity index (χ0v) is 12.0. The second-order valence-electron chi connectivity index (χ2n) is 3.99. The zero-order chi connectivity index (χ0) is 11.6. The van der Waals surface area contributed by atoms with Gasteiger partial charge in [0, 0.05) is 25.0 Å². The molecule has 0 unspecified atom stereocenters. The van der Waals surface area contributed by atoms with Crippen molar-refractivity contribution in [2.45, 2.75) is 18.7 Å². The molecule has 2 rings (SSSR count). The molecule has 1 aromatic heterocycles. The van der Waals surface area contributed by atoms with Crippen molar-refractivity contribution in [3.8, 4) is 0 Å². The van der Waals surface area contributed by atoms with E-state index in [1.807, 2.05) is 12.1 Å². The Bertz CT molecular complexity index is 455. The molecule has 1 aliphatic rings. The number of hydrogen-bond acceptors (Lipinski definition) is 5. The minimum atomic E-state index is -3.08. The first-order valence-corrected chi connectivity index (χ1v) is 6.90. The number of nitrogens with zero attached hydrogens (tertiary/aromatic N) is 1. The van der Waals surface area contributed by atoms with Crippen LogP contribution in [0.5, 0.6) is 0 Å². The predicted molar refractivity (Wildman–Crippen MR) is 74.0 cm³/mol. The summed E-state index contributed by atoms with van der Waals surface area (Å²) in [5.41, 5.74) is 0.971. The average molecular weight is 315 g/mol. The Morgan fingerprint density at radius 3 is 2.61 bits per heavy atom. The van der Waals surface area contributed by atoms with Crippen LogP contribution >= 0.6 is 24.8 Å². The quantitative estimate of drug-likeness (QED) is 0.831. The lowest BCUT2D eigenvalue weighted by atomic mass is 10.2. The van der Waals surface area contributed by atoms with Crippen LogP contribution in [0.4, 0.5) is 0 Å². The molecule has 1 aromatic rings. The number of halogens is 2. The van der Waals surface area contributed by atoms with E-state index in [1.165, 1.54) is 0 Å². The van der Waals surface area contributed by atoms with Gasteiger partial charge < -0.3 is 10.4 Å². The van der Waals surface area contributed by atoms with E-state index in [-0.39, 0.29) is 42.4 Å². The van der Waals surface area contributed by atoms with Crippen LogP contribution in [-0.4, -0.2) is 42.2 Å². The van der Waals surface area contributed by atoms with Gasteiger partial charge in [0.2, 0.25) is 0 Å². The summed E-state index contributed by atoms with van der Waals surface area (Å²) >= 11 is 0. The van der Waals surface area contributed by atoms with Crippen molar-refractivity contribution in [3.05, 3.63) is 30.1 Å². The van der Waals surface area contributed by atoms with E-state index in [0.717, 1.165) is 5.56 Å². The molecule has 0 radical (unpaired) electrons. The maximum absolute atomic E-state index is 11.3. The maximum atomic E-state index is 11.3. The number of pyridine rings is 1. The second-order valence-corrected chi connectivity index (χ2v) is 6.15. The smallest absolute Gasteiger partial charge is 0.154 e. The fourth-order valence-electron chi connectivity index (χ4n) is 1.78. The number of aliphatic hydroxyl groups is 1. The number of rotatable bonds is 3. The predicted octanol–water partition coefficient (Wildman–Crippen LogP) is 0.173. The van der Waals surface area contributed by atoms with Gasteiger partial charge in [0.1, 0.15) is 0 Å². The van der Waals surface area contributed by atoms with E-state index in [0.29, 0.717) is 6.54 Å². The second kappa shape index (κ2) is 7.25. The summed E-state index contributed by atoms with van der Waals surface area (Å²) in [6.07, 6.45) is 2.59. The van der Waals surface area contributed by atoms with Gasteiger partial charge >= 0.3 is 0 Å². The van der Waals surface area contributed by atoms with Crippen LogP contribution in [0.25, 0.3) is 0 Å². The standard InChI is InChI=1S/C10H14N2O3S.2ClH/c13-10-7-16(14,15)6-9(10)12-5-8-2-1-3-11-4-8;;/h1-4,9-10,12-13H,5-7H2;2*1H/t9-,10-;;/m1../s1. The lowest BCUT2D eigenvalue weighted by Crippen LogP contribution is -2.38. The topological polar surface area (TPSA) is 79.3 Å². The molecule has 0 spiro atoms. The van der Waals surface area contributed by atoms with Gasteiger partial charge in [-0.1, -0.05) is 6.07 Å². The van der Waals surface area contributed by atoms with E-state index in [2.05, 4.69) is 10.3 Å². The fourth-order valence-corrected chi connectivity index (χ4v) is 3.55. The van der Waals surface area contributed by atoms with Crippen LogP contribution in [0.15, 0.2) is 24.5 Å². The highest BCUT2D eigenvalue weighted by Crippen LogP contribution is 2.12. The number of aromatic nitrogens is 1.